The minimum Gasteiger partial charge on any atom is -0.434 e. The Bertz CT molecular complexity index is 555. The summed E-state index contributed by atoms with van der Waals surface area (Å²) in [7, 11) is -3.75. The number of rotatable bonds is 13. The quantitative estimate of drug-likeness (QED) is 0.132. The summed E-state index contributed by atoms with van der Waals surface area (Å²) in [5.74, 6) is 2.59. The van der Waals surface area contributed by atoms with Crippen LogP contribution in [0.3, 0.4) is 0 Å². The number of hydrogen-bond acceptors (Lipinski definition) is 9. The molecule has 0 radical (unpaired) electrons. The van der Waals surface area contributed by atoms with Gasteiger partial charge in [-0.3, -0.25) is 13.6 Å². The Labute approximate surface area is 172 Å². The van der Waals surface area contributed by atoms with E-state index in [2.05, 4.69) is 5.92 Å². The normalized spacial score (nSPS) is 18.7. The molecule has 0 spiro atoms. The zero-order valence-electron chi connectivity index (χ0n) is 17.1. The van der Waals surface area contributed by atoms with Crippen molar-refractivity contribution in [3.05, 3.63) is 0 Å². The van der Waals surface area contributed by atoms with Crippen LogP contribution in [0.1, 0.15) is 58.8 Å². The SMILES string of the molecule is C#CC1CC[C@H](P(=O)(OCOC(=O)OCCCC)OCOC(=O)OCCCC)C1. The fourth-order valence-corrected chi connectivity index (χ4v) is 4.50. The van der Waals surface area contributed by atoms with Crippen LogP contribution in [-0.2, 0) is 32.6 Å². The summed E-state index contributed by atoms with van der Waals surface area (Å²) in [6.07, 6.45) is 8.38. The molecular weight excluding hydrogens is 403 g/mol. The van der Waals surface area contributed by atoms with E-state index < -0.39 is 39.2 Å². The van der Waals surface area contributed by atoms with E-state index in [1.54, 1.807) is 0 Å². The predicted octanol–water partition coefficient (Wildman–Crippen LogP) is 4.84. The third-order valence-electron chi connectivity index (χ3n) is 4.34. The Morgan fingerprint density at radius 2 is 1.45 bits per heavy atom. The summed E-state index contributed by atoms with van der Waals surface area (Å²) >= 11 is 0. The van der Waals surface area contributed by atoms with Gasteiger partial charge in [-0.2, -0.15) is 0 Å². The molecule has 0 aromatic rings. The van der Waals surface area contributed by atoms with Crippen LogP contribution in [-0.4, -0.2) is 44.8 Å². The number of terminal acetylenes is 1. The highest BCUT2D eigenvalue weighted by atomic mass is 31.2. The van der Waals surface area contributed by atoms with Crippen LogP contribution in [0.15, 0.2) is 0 Å². The maximum absolute atomic E-state index is 13.2. The monoisotopic (exact) mass is 434 g/mol. The predicted molar refractivity (Wildman–Crippen MR) is 104 cm³/mol. The van der Waals surface area contributed by atoms with Crippen molar-refractivity contribution >= 4 is 19.9 Å². The maximum atomic E-state index is 13.2. The standard InChI is InChI=1S/C19H31O9P/c1-4-7-11-23-18(20)25-14-27-29(22,17-10-9-16(6-3)13-17)28-15-26-19(21)24-12-8-5-2/h3,16-17H,4-5,7-15H2,1-2H3/t16?,17-/m0/s1. The number of unbranched alkanes of at least 4 members (excludes halogenated alkanes) is 2. The van der Waals surface area contributed by atoms with Crippen LogP contribution in [0.2, 0.25) is 0 Å². The lowest BCUT2D eigenvalue weighted by Gasteiger charge is -2.23. The van der Waals surface area contributed by atoms with Crippen molar-refractivity contribution in [2.75, 3.05) is 26.8 Å². The number of hydrogen-bond donors (Lipinski definition) is 0. The van der Waals surface area contributed by atoms with Gasteiger partial charge in [-0.15, -0.1) is 12.3 Å². The van der Waals surface area contributed by atoms with Crippen LogP contribution >= 0.6 is 7.60 Å². The highest BCUT2D eigenvalue weighted by molar-refractivity contribution is 7.54. The molecule has 9 nitrogen and oxygen atoms in total. The Hall–Kier alpha value is -1.75. The molecule has 0 aliphatic heterocycles. The zero-order valence-corrected chi connectivity index (χ0v) is 18.0. The third kappa shape index (κ3) is 10.0. The molecule has 0 N–H and O–H groups in total. The molecule has 1 saturated carbocycles. The molecule has 1 fully saturated rings. The van der Waals surface area contributed by atoms with Gasteiger partial charge in [-0.25, -0.2) is 9.59 Å². The van der Waals surface area contributed by atoms with E-state index in [4.69, 9.17) is 34.4 Å². The smallest absolute Gasteiger partial charge is 0.434 e. The Morgan fingerprint density at radius 3 is 1.86 bits per heavy atom. The van der Waals surface area contributed by atoms with Crippen LogP contribution < -0.4 is 0 Å². The van der Waals surface area contributed by atoms with Gasteiger partial charge >= 0.3 is 19.9 Å². The average Bonchev–Trinajstić information content (AvgIpc) is 3.18. The van der Waals surface area contributed by atoms with E-state index in [1.165, 1.54) is 0 Å². The van der Waals surface area contributed by atoms with Gasteiger partial charge in [-0.1, -0.05) is 26.7 Å². The van der Waals surface area contributed by atoms with E-state index in [1.807, 2.05) is 13.8 Å². The van der Waals surface area contributed by atoms with E-state index in [-0.39, 0.29) is 19.1 Å². The first kappa shape index (κ1) is 25.3. The van der Waals surface area contributed by atoms with Gasteiger partial charge in [-0.05, 0) is 32.1 Å². The van der Waals surface area contributed by atoms with Crippen molar-refractivity contribution in [1.29, 1.82) is 0 Å². The second-order valence-corrected chi connectivity index (χ2v) is 8.88. The lowest BCUT2D eigenvalue weighted by molar-refractivity contribution is -0.0227. The maximum Gasteiger partial charge on any atom is 0.510 e. The molecule has 0 aromatic carbocycles. The number of carbonyl (C=O) groups excluding carboxylic acids is 2. The van der Waals surface area contributed by atoms with Gasteiger partial charge in [0.2, 0.25) is 13.6 Å². The lowest BCUT2D eigenvalue weighted by atomic mass is 10.1. The molecule has 1 aliphatic carbocycles. The van der Waals surface area contributed by atoms with Crippen LogP contribution in [0, 0.1) is 18.3 Å². The van der Waals surface area contributed by atoms with Gasteiger partial charge in [0.05, 0.1) is 18.9 Å². The van der Waals surface area contributed by atoms with Crippen LogP contribution in [0.5, 0.6) is 0 Å². The van der Waals surface area contributed by atoms with Gasteiger partial charge < -0.3 is 18.9 Å². The first-order chi connectivity index (χ1) is 13.9. The fraction of sp³-hybridized carbons (Fsp3) is 0.789. The lowest BCUT2D eigenvalue weighted by Crippen LogP contribution is -2.17. The average molecular weight is 434 g/mol. The molecule has 10 heteroatoms. The highest BCUT2D eigenvalue weighted by Crippen LogP contribution is 2.59. The first-order valence-corrected chi connectivity index (χ1v) is 11.5. The molecule has 29 heavy (non-hydrogen) atoms. The first-order valence-electron chi connectivity index (χ1n) is 9.89. The van der Waals surface area contributed by atoms with Crippen molar-refractivity contribution in [3.63, 3.8) is 0 Å². The van der Waals surface area contributed by atoms with E-state index >= 15 is 0 Å². The van der Waals surface area contributed by atoms with Crippen molar-refractivity contribution in [1.82, 2.24) is 0 Å². The Balaban J connectivity index is 2.52. The molecule has 0 heterocycles. The molecule has 0 aromatic heterocycles. The van der Waals surface area contributed by atoms with Crippen LogP contribution in [0.4, 0.5) is 9.59 Å². The zero-order chi connectivity index (χ0) is 21.5. The highest BCUT2D eigenvalue weighted by Gasteiger charge is 2.41. The van der Waals surface area contributed by atoms with Crippen LogP contribution in [0.25, 0.3) is 0 Å². The second kappa shape index (κ2) is 14.3. The molecule has 1 rings (SSSR count). The van der Waals surface area contributed by atoms with Gasteiger partial charge in [0, 0.05) is 5.92 Å². The number of carbonyl (C=O) groups is 2. The van der Waals surface area contributed by atoms with E-state index in [9.17, 15) is 14.2 Å². The molecule has 0 amide bonds. The summed E-state index contributed by atoms with van der Waals surface area (Å²) in [5, 5.41) is 0. The third-order valence-corrected chi connectivity index (χ3v) is 6.64. The van der Waals surface area contributed by atoms with E-state index in [0.717, 1.165) is 12.8 Å². The summed E-state index contributed by atoms with van der Waals surface area (Å²) in [6, 6.07) is 0. The largest absolute Gasteiger partial charge is 0.510 e. The topological polar surface area (TPSA) is 107 Å². The molecule has 1 aliphatic rings. The van der Waals surface area contributed by atoms with Gasteiger partial charge in [0.15, 0.2) is 0 Å². The minimum absolute atomic E-state index is 0.0413. The summed E-state index contributed by atoms with van der Waals surface area (Å²) in [5.41, 5.74) is -0.483. The van der Waals surface area contributed by atoms with E-state index in [0.29, 0.717) is 32.1 Å². The van der Waals surface area contributed by atoms with Crippen molar-refractivity contribution < 1.29 is 42.1 Å². The van der Waals surface area contributed by atoms with Crippen molar-refractivity contribution in [3.8, 4) is 12.3 Å². The molecular formula is C19H31O9P. The summed E-state index contributed by atoms with van der Waals surface area (Å²) in [6.45, 7) is 3.14. The van der Waals surface area contributed by atoms with Gasteiger partial charge in [0.1, 0.15) is 0 Å². The Kier molecular flexibility index (Phi) is 12.4. The second-order valence-electron chi connectivity index (χ2n) is 6.56. The molecule has 166 valence electrons. The molecule has 2 atom stereocenters. The minimum atomic E-state index is -3.75. The van der Waals surface area contributed by atoms with Crippen molar-refractivity contribution in [2.24, 2.45) is 5.92 Å². The van der Waals surface area contributed by atoms with Crippen molar-refractivity contribution in [2.45, 2.75) is 64.5 Å². The summed E-state index contributed by atoms with van der Waals surface area (Å²) < 4.78 is 43.0. The summed E-state index contributed by atoms with van der Waals surface area (Å²) in [4.78, 5) is 23.0. The molecule has 0 saturated heterocycles. The fourth-order valence-electron chi connectivity index (χ4n) is 2.62. The molecule has 0 bridgehead atoms. The van der Waals surface area contributed by atoms with Gasteiger partial charge in [0.25, 0.3) is 0 Å². The molecule has 1 unspecified atom stereocenters. The number of ether oxygens (including phenoxy) is 4. The Morgan fingerprint density at radius 1 is 0.931 bits per heavy atom.